The Morgan fingerprint density at radius 1 is 1.24 bits per heavy atom. The number of ether oxygens (including phenoxy) is 1. The fourth-order valence-corrected chi connectivity index (χ4v) is 4.32. The lowest BCUT2D eigenvalue weighted by molar-refractivity contribution is -0.142. The standard InChI is InChI=1S/C23H20F3N5O3/c1-13-10-17(29-34-13)18-7-5-9-30(18)22(32)15-12-27-31-20(23(24,25)26)11-16(28-21(15)31)14-6-3-4-8-19(14)33-2/h3-4,6,8,10-12,18H,5,7,9H2,1-2H3. The van der Waals surface area contributed by atoms with Crippen LogP contribution < -0.4 is 4.74 Å². The van der Waals surface area contributed by atoms with E-state index in [9.17, 15) is 18.0 Å². The number of methoxy groups -OCH3 is 1. The lowest BCUT2D eigenvalue weighted by atomic mass is 10.1. The van der Waals surface area contributed by atoms with Gasteiger partial charge in [-0.1, -0.05) is 17.3 Å². The first-order chi connectivity index (χ1) is 16.3. The van der Waals surface area contributed by atoms with Crippen LogP contribution >= 0.6 is 0 Å². The Balaban J connectivity index is 1.64. The van der Waals surface area contributed by atoms with E-state index in [1.165, 1.54) is 7.11 Å². The summed E-state index contributed by atoms with van der Waals surface area (Å²) < 4.78 is 53.0. The summed E-state index contributed by atoms with van der Waals surface area (Å²) in [6.45, 7) is 2.19. The summed E-state index contributed by atoms with van der Waals surface area (Å²) in [5, 5.41) is 7.90. The van der Waals surface area contributed by atoms with E-state index < -0.39 is 17.8 Å². The number of rotatable bonds is 4. The number of likely N-dealkylation sites (tertiary alicyclic amines) is 1. The summed E-state index contributed by atoms with van der Waals surface area (Å²) in [4.78, 5) is 19.5. The topological polar surface area (TPSA) is 85.8 Å². The predicted octanol–water partition coefficient (Wildman–Crippen LogP) is 4.70. The fourth-order valence-electron chi connectivity index (χ4n) is 4.32. The zero-order valence-corrected chi connectivity index (χ0v) is 18.3. The van der Waals surface area contributed by atoms with Crippen LogP contribution in [-0.4, -0.2) is 44.2 Å². The molecule has 3 aromatic heterocycles. The Bertz CT molecular complexity index is 1380. The van der Waals surface area contributed by atoms with Crippen molar-refractivity contribution >= 4 is 11.6 Å². The van der Waals surface area contributed by atoms with Crippen LogP contribution in [0.5, 0.6) is 5.75 Å². The first-order valence-corrected chi connectivity index (χ1v) is 10.6. The summed E-state index contributed by atoms with van der Waals surface area (Å²) in [6, 6.07) is 8.95. The van der Waals surface area contributed by atoms with Crippen LogP contribution in [-0.2, 0) is 6.18 Å². The number of hydrogen-bond acceptors (Lipinski definition) is 6. The summed E-state index contributed by atoms with van der Waals surface area (Å²) in [5.41, 5.74) is -0.232. The molecule has 0 spiro atoms. The molecule has 176 valence electrons. The average molecular weight is 471 g/mol. The Hall–Kier alpha value is -3.89. The molecule has 0 N–H and O–H groups in total. The maximum absolute atomic E-state index is 14.0. The molecule has 0 saturated carbocycles. The van der Waals surface area contributed by atoms with Crippen LogP contribution in [0.15, 0.2) is 47.1 Å². The number of aromatic nitrogens is 4. The average Bonchev–Trinajstić information content (AvgIpc) is 3.56. The maximum Gasteiger partial charge on any atom is 0.433 e. The molecule has 0 aliphatic carbocycles. The van der Waals surface area contributed by atoms with Gasteiger partial charge in [0.15, 0.2) is 11.3 Å². The minimum atomic E-state index is -4.72. The molecule has 8 nitrogen and oxygen atoms in total. The van der Waals surface area contributed by atoms with Crippen LogP contribution in [0, 0.1) is 6.92 Å². The highest BCUT2D eigenvalue weighted by Gasteiger charge is 2.38. The minimum absolute atomic E-state index is 0.0191. The minimum Gasteiger partial charge on any atom is -0.496 e. The van der Waals surface area contributed by atoms with Gasteiger partial charge in [-0.25, -0.2) is 9.50 Å². The molecule has 4 aromatic rings. The number of amides is 1. The molecule has 5 rings (SSSR count). The second-order valence-corrected chi connectivity index (χ2v) is 8.04. The van der Waals surface area contributed by atoms with Crippen molar-refractivity contribution in [2.75, 3.05) is 13.7 Å². The Morgan fingerprint density at radius 2 is 2.03 bits per heavy atom. The van der Waals surface area contributed by atoms with Gasteiger partial charge in [-0.05, 0) is 38.0 Å². The molecule has 1 aliphatic rings. The SMILES string of the molecule is COc1ccccc1-c1cc(C(F)(F)F)n2ncc(C(=O)N3CCCC3c3cc(C)on3)c2n1. The Morgan fingerprint density at radius 3 is 2.74 bits per heavy atom. The van der Waals surface area contributed by atoms with Gasteiger partial charge < -0.3 is 14.2 Å². The van der Waals surface area contributed by atoms with Crippen molar-refractivity contribution in [1.29, 1.82) is 0 Å². The van der Waals surface area contributed by atoms with Gasteiger partial charge in [-0.15, -0.1) is 0 Å². The second kappa shape index (κ2) is 8.15. The fraction of sp³-hybridized carbons (Fsp3) is 0.304. The maximum atomic E-state index is 14.0. The largest absolute Gasteiger partial charge is 0.496 e. The third-order valence-corrected chi connectivity index (χ3v) is 5.88. The number of alkyl halides is 3. The van der Waals surface area contributed by atoms with Gasteiger partial charge in [0.2, 0.25) is 0 Å². The van der Waals surface area contributed by atoms with Crippen molar-refractivity contribution < 1.29 is 27.2 Å². The number of nitrogens with zero attached hydrogens (tertiary/aromatic N) is 5. The van der Waals surface area contributed by atoms with Gasteiger partial charge in [0.25, 0.3) is 5.91 Å². The summed E-state index contributed by atoms with van der Waals surface area (Å²) in [7, 11) is 1.43. The number of fused-ring (bicyclic) bond motifs is 1. The van der Waals surface area contributed by atoms with E-state index in [0.717, 1.165) is 18.7 Å². The van der Waals surface area contributed by atoms with Crippen LogP contribution in [0.25, 0.3) is 16.9 Å². The molecule has 1 unspecified atom stereocenters. The highest BCUT2D eigenvalue weighted by atomic mass is 19.4. The van der Waals surface area contributed by atoms with Crippen molar-refractivity contribution in [1.82, 2.24) is 24.7 Å². The van der Waals surface area contributed by atoms with Crippen LogP contribution in [0.3, 0.4) is 0 Å². The summed E-state index contributed by atoms with van der Waals surface area (Å²) >= 11 is 0. The summed E-state index contributed by atoms with van der Waals surface area (Å²) in [5.74, 6) is 0.514. The molecule has 4 heterocycles. The van der Waals surface area contributed by atoms with E-state index >= 15 is 0 Å². The van der Waals surface area contributed by atoms with Gasteiger partial charge in [0, 0.05) is 18.2 Å². The lowest BCUT2D eigenvalue weighted by Gasteiger charge is -2.22. The van der Waals surface area contributed by atoms with Crippen molar-refractivity contribution in [3.8, 4) is 17.0 Å². The molecule has 1 fully saturated rings. The molecule has 1 aliphatic heterocycles. The van der Waals surface area contributed by atoms with Gasteiger partial charge in [0.05, 0.1) is 25.0 Å². The van der Waals surface area contributed by atoms with Crippen molar-refractivity contribution in [2.24, 2.45) is 0 Å². The van der Waals surface area contributed by atoms with E-state index in [0.29, 0.717) is 40.2 Å². The zero-order valence-electron chi connectivity index (χ0n) is 18.3. The zero-order chi connectivity index (χ0) is 24.0. The molecule has 1 aromatic carbocycles. The first-order valence-electron chi connectivity index (χ1n) is 10.6. The lowest BCUT2D eigenvalue weighted by Crippen LogP contribution is -2.30. The molecule has 0 radical (unpaired) electrons. The molecule has 0 bridgehead atoms. The smallest absolute Gasteiger partial charge is 0.433 e. The van der Waals surface area contributed by atoms with E-state index in [1.807, 2.05) is 0 Å². The normalized spacial score (nSPS) is 16.4. The molecule has 1 amide bonds. The Kier molecular flexibility index (Phi) is 5.26. The molecule has 11 heteroatoms. The van der Waals surface area contributed by atoms with Gasteiger partial charge >= 0.3 is 6.18 Å². The highest BCUT2D eigenvalue weighted by Crippen LogP contribution is 2.37. The predicted molar refractivity (Wildman–Crippen MR) is 114 cm³/mol. The van der Waals surface area contributed by atoms with Gasteiger partial charge in [-0.2, -0.15) is 18.3 Å². The van der Waals surface area contributed by atoms with Crippen molar-refractivity contribution in [3.05, 3.63) is 65.3 Å². The third-order valence-electron chi connectivity index (χ3n) is 5.88. The van der Waals surface area contributed by atoms with Crippen LogP contribution in [0.4, 0.5) is 13.2 Å². The van der Waals surface area contributed by atoms with Gasteiger partial charge in [0.1, 0.15) is 22.8 Å². The van der Waals surface area contributed by atoms with Crippen LogP contribution in [0.2, 0.25) is 0 Å². The van der Waals surface area contributed by atoms with E-state index in [4.69, 9.17) is 9.26 Å². The molecule has 34 heavy (non-hydrogen) atoms. The third kappa shape index (κ3) is 3.66. The monoisotopic (exact) mass is 471 g/mol. The van der Waals surface area contributed by atoms with Gasteiger partial charge in [-0.3, -0.25) is 4.79 Å². The van der Waals surface area contributed by atoms with E-state index in [-0.39, 0.29) is 22.9 Å². The van der Waals surface area contributed by atoms with E-state index in [1.54, 1.807) is 42.2 Å². The second-order valence-electron chi connectivity index (χ2n) is 8.04. The number of hydrogen-bond donors (Lipinski definition) is 0. The van der Waals surface area contributed by atoms with Crippen molar-refractivity contribution in [3.63, 3.8) is 0 Å². The van der Waals surface area contributed by atoms with Crippen molar-refractivity contribution in [2.45, 2.75) is 32.0 Å². The van der Waals surface area contributed by atoms with E-state index in [2.05, 4.69) is 15.2 Å². The van der Waals surface area contributed by atoms with Crippen LogP contribution in [0.1, 0.15) is 46.4 Å². The molecular formula is C23H20F3N5O3. The molecule has 1 saturated heterocycles. The number of halogens is 3. The number of benzene rings is 1. The number of para-hydroxylation sites is 1. The number of carbonyl (C=O) groups excluding carboxylic acids is 1. The highest BCUT2D eigenvalue weighted by molar-refractivity contribution is 6.00. The summed E-state index contributed by atoms with van der Waals surface area (Å²) in [6.07, 6.45) is -2.19. The number of aryl methyl sites for hydroxylation is 1. The first kappa shape index (κ1) is 21.9. The molecule has 1 atom stereocenters. The number of carbonyl (C=O) groups is 1. The Labute approximate surface area is 191 Å². The molecular weight excluding hydrogens is 451 g/mol. The quantitative estimate of drug-likeness (QED) is 0.429.